The summed E-state index contributed by atoms with van der Waals surface area (Å²) in [5, 5.41) is 0. The van der Waals surface area contributed by atoms with Gasteiger partial charge in [0, 0.05) is 19.3 Å². The Bertz CT molecular complexity index is 796. The zero-order valence-electron chi connectivity index (χ0n) is 36.0. The molecular weight excluding hydrogens is 661 g/mol. The highest BCUT2D eigenvalue weighted by atomic mass is 16.6. The fraction of sp³-hybridized carbons (Fsp3) is 0.936. The molecular formula is C47H90O6. The Morgan fingerprint density at radius 3 is 0.925 bits per heavy atom. The van der Waals surface area contributed by atoms with Gasteiger partial charge in [0.05, 0.1) is 0 Å². The van der Waals surface area contributed by atoms with Gasteiger partial charge in [-0.25, -0.2) is 0 Å². The zero-order chi connectivity index (χ0) is 38.9. The highest BCUT2D eigenvalue weighted by Crippen LogP contribution is 2.16. The first-order valence-corrected chi connectivity index (χ1v) is 23.4. The number of ether oxygens (including phenoxy) is 3. The zero-order valence-corrected chi connectivity index (χ0v) is 36.0. The molecule has 0 rings (SSSR count). The first-order chi connectivity index (χ1) is 25.9. The predicted molar refractivity (Wildman–Crippen MR) is 224 cm³/mol. The Labute approximate surface area is 329 Å². The van der Waals surface area contributed by atoms with Gasteiger partial charge in [0.25, 0.3) is 0 Å². The van der Waals surface area contributed by atoms with E-state index in [0.29, 0.717) is 19.3 Å². The summed E-state index contributed by atoms with van der Waals surface area (Å²) in [6.45, 7) is 8.96. The molecule has 6 nitrogen and oxygen atoms in total. The molecule has 6 heteroatoms. The third-order valence-corrected chi connectivity index (χ3v) is 10.5. The van der Waals surface area contributed by atoms with E-state index in [9.17, 15) is 14.4 Å². The second kappa shape index (κ2) is 41.6. The van der Waals surface area contributed by atoms with Crippen LogP contribution >= 0.6 is 0 Å². The van der Waals surface area contributed by atoms with E-state index in [4.69, 9.17) is 14.2 Å². The summed E-state index contributed by atoms with van der Waals surface area (Å²) >= 11 is 0. The molecule has 0 unspecified atom stereocenters. The van der Waals surface area contributed by atoms with E-state index >= 15 is 0 Å². The summed E-state index contributed by atoms with van der Waals surface area (Å²) in [6.07, 6.45) is 40.9. The van der Waals surface area contributed by atoms with Crippen LogP contribution in [0.4, 0.5) is 0 Å². The Balaban J connectivity index is 4.32. The highest BCUT2D eigenvalue weighted by Gasteiger charge is 2.19. The molecule has 0 N–H and O–H groups in total. The second-order valence-corrected chi connectivity index (χ2v) is 16.5. The Morgan fingerprint density at radius 2 is 0.623 bits per heavy atom. The molecule has 1 atom stereocenters. The largest absolute Gasteiger partial charge is 0.462 e. The lowest BCUT2D eigenvalue weighted by Crippen LogP contribution is -2.30. The Hall–Kier alpha value is -1.59. The van der Waals surface area contributed by atoms with Gasteiger partial charge in [-0.1, -0.05) is 220 Å². The number of carbonyl (C=O) groups is 3. The first-order valence-electron chi connectivity index (χ1n) is 23.4. The minimum atomic E-state index is -0.759. The van der Waals surface area contributed by atoms with Crippen LogP contribution in [-0.2, 0) is 28.6 Å². The second-order valence-electron chi connectivity index (χ2n) is 16.5. The Kier molecular flexibility index (Phi) is 40.3. The molecule has 0 aromatic carbocycles. The van der Waals surface area contributed by atoms with E-state index in [-0.39, 0.29) is 31.1 Å². The maximum Gasteiger partial charge on any atom is 0.306 e. The van der Waals surface area contributed by atoms with Gasteiger partial charge in [-0.05, 0) is 25.2 Å². The third kappa shape index (κ3) is 41.4. The van der Waals surface area contributed by atoms with Crippen molar-refractivity contribution < 1.29 is 28.6 Å². The molecule has 0 bridgehead atoms. The predicted octanol–water partition coefficient (Wildman–Crippen LogP) is 14.7. The molecule has 0 amide bonds. The van der Waals surface area contributed by atoms with Gasteiger partial charge >= 0.3 is 17.9 Å². The van der Waals surface area contributed by atoms with Crippen LogP contribution in [0.2, 0.25) is 0 Å². The van der Waals surface area contributed by atoms with Crippen LogP contribution in [0.3, 0.4) is 0 Å². The van der Waals surface area contributed by atoms with E-state index in [0.717, 1.165) is 63.7 Å². The lowest BCUT2D eigenvalue weighted by molar-refractivity contribution is -0.167. The molecule has 0 radical (unpaired) electrons. The van der Waals surface area contributed by atoms with Crippen molar-refractivity contribution in [1.82, 2.24) is 0 Å². The molecule has 0 aliphatic heterocycles. The summed E-state index contributed by atoms with van der Waals surface area (Å²) in [7, 11) is 0. The smallest absolute Gasteiger partial charge is 0.306 e. The van der Waals surface area contributed by atoms with Crippen LogP contribution in [0.15, 0.2) is 0 Å². The number of unbranched alkanes of at least 4 members (excludes halogenated alkanes) is 29. The van der Waals surface area contributed by atoms with Gasteiger partial charge in [0.2, 0.25) is 0 Å². The third-order valence-electron chi connectivity index (χ3n) is 10.5. The quantitative estimate of drug-likeness (QED) is 0.0351. The van der Waals surface area contributed by atoms with Gasteiger partial charge in [-0.15, -0.1) is 0 Å². The minimum absolute atomic E-state index is 0.0640. The molecule has 0 aromatic heterocycles. The lowest BCUT2D eigenvalue weighted by Gasteiger charge is -2.18. The number of hydrogen-bond acceptors (Lipinski definition) is 6. The molecule has 314 valence electrons. The first kappa shape index (κ1) is 51.4. The monoisotopic (exact) mass is 751 g/mol. The van der Waals surface area contributed by atoms with Crippen molar-refractivity contribution in [2.45, 2.75) is 265 Å². The average Bonchev–Trinajstić information content (AvgIpc) is 3.14. The lowest BCUT2D eigenvalue weighted by atomic mass is 10.0. The summed E-state index contributed by atoms with van der Waals surface area (Å²) in [6, 6.07) is 0. The molecule has 0 saturated carbocycles. The van der Waals surface area contributed by atoms with Crippen LogP contribution in [0.1, 0.15) is 259 Å². The molecule has 0 aromatic rings. The van der Waals surface area contributed by atoms with Crippen molar-refractivity contribution >= 4 is 17.9 Å². The van der Waals surface area contributed by atoms with Crippen LogP contribution in [0.25, 0.3) is 0 Å². The number of carbonyl (C=O) groups excluding carboxylic acids is 3. The summed E-state index contributed by atoms with van der Waals surface area (Å²) in [5.41, 5.74) is 0. The van der Waals surface area contributed by atoms with E-state index in [1.807, 2.05) is 0 Å². The fourth-order valence-electron chi connectivity index (χ4n) is 6.98. The minimum Gasteiger partial charge on any atom is -0.462 e. The fourth-order valence-corrected chi connectivity index (χ4v) is 6.98. The topological polar surface area (TPSA) is 78.9 Å². The van der Waals surface area contributed by atoms with Crippen LogP contribution in [0.5, 0.6) is 0 Å². The van der Waals surface area contributed by atoms with Gasteiger partial charge < -0.3 is 14.2 Å². The van der Waals surface area contributed by atoms with E-state index in [2.05, 4.69) is 27.7 Å². The van der Waals surface area contributed by atoms with Crippen LogP contribution in [0, 0.1) is 5.92 Å². The van der Waals surface area contributed by atoms with Gasteiger partial charge in [-0.2, -0.15) is 0 Å². The van der Waals surface area contributed by atoms with E-state index < -0.39 is 6.10 Å². The molecule has 0 heterocycles. The van der Waals surface area contributed by atoms with Crippen molar-refractivity contribution in [3.8, 4) is 0 Å². The number of hydrogen-bond donors (Lipinski definition) is 0. The van der Waals surface area contributed by atoms with E-state index in [1.165, 1.54) is 154 Å². The molecule has 0 aliphatic rings. The van der Waals surface area contributed by atoms with Gasteiger partial charge in [0.1, 0.15) is 13.2 Å². The highest BCUT2D eigenvalue weighted by molar-refractivity contribution is 5.71. The van der Waals surface area contributed by atoms with Gasteiger partial charge in [0.15, 0.2) is 6.10 Å². The maximum absolute atomic E-state index is 12.7. The van der Waals surface area contributed by atoms with Crippen molar-refractivity contribution in [2.75, 3.05) is 13.2 Å². The average molecular weight is 751 g/mol. The van der Waals surface area contributed by atoms with Gasteiger partial charge in [-0.3, -0.25) is 14.4 Å². The van der Waals surface area contributed by atoms with E-state index in [1.54, 1.807) is 0 Å². The van der Waals surface area contributed by atoms with Crippen molar-refractivity contribution in [2.24, 2.45) is 5.92 Å². The molecule has 0 saturated heterocycles. The number of rotatable bonds is 42. The number of esters is 3. The van der Waals surface area contributed by atoms with Crippen molar-refractivity contribution in [3.05, 3.63) is 0 Å². The van der Waals surface area contributed by atoms with Crippen LogP contribution in [-0.4, -0.2) is 37.2 Å². The molecule has 0 aliphatic carbocycles. The molecule has 53 heavy (non-hydrogen) atoms. The maximum atomic E-state index is 12.7. The van der Waals surface area contributed by atoms with Crippen LogP contribution < -0.4 is 0 Å². The van der Waals surface area contributed by atoms with Crippen molar-refractivity contribution in [1.29, 1.82) is 0 Å². The SMILES string of the molecule is CCCCCCCCCCCCCCCCC(=O)O[C@@H](COC(=O)CCCCCCCCCCCC)COC(=O)CCCCCCCCCCC(C)C. The normalized spacial score (nSPS) is 11.9. The summed E-state index contributed by atoms with van der Waals surface area (Å²) < 4.78 is 16.7. The summed E-state index contributed by atoms with van der Waals surface area (Å²) in [4.78, 5) is 37.7. The molecule has 0 spiro atoms. The summed E-state index contributed by atoms with van der Waals surface area (Å²) in [5.74, 6) is -0.0581. The van der Waals surface area contributed by atoms with Crippen molar-refractivity contribution in [3.63, 3.8) is 0 Å². The Morgan fingerprint density at radius 1 is 0.358 bits per heavy atom. The molecule has 0 fully saturated rings. The standard InChI is InChI=1S/C47H90O6/c1-5-7-9-11-13-15-17-18-19-20-22-28-32-36-40-47(50)53-44(41-51-45(48)38-34-30-26-21-16-14-12-10-8-6-2)42-52-46(49)39-35-31-27-24-23-25-29-33-37-43(3)4/h43-44H,5-42H2,1-4H3/t44-/m0/s1.